The van der Waals surface area contributed by atoms with Crippen molar-refractivity contribution < 1.29 is 9.84 Å². The lowest BCUT2D eigenvalue weighted by Gasteiger charge is -2.33. The van der Waals surface area contributed by atoms with Gasteiger partial charge in [-0.1, -0.05) is 24.3 Å². The first kappa shape index (κ1) is 17.9. The Morgan fingerprint density at radius 1 is 1.32 bits per heavy atom. The summed E-state index contributed by atoms with van der Waals surface area (Å²) < 4.78 is 7.62. The highest BCUT2D eigenvalue weighted by atomic mass is 16.5. The van der Waals surface area contributed by atoms with E-state index in [4.69, 9.17) is 4.74 Å². The molecule has 1 saturated heterocycles. The monoisotopic (exact) mass is 344 g/mol. The van der Waals surface area contributed by atoms with E-state index >= 15 is 0 Å². The molecule has 0 saturated carbocycles. The molecule has 1 aliphatic heterocycles. The van der Waals surface area contributed by atoms with E-state index in [0.29, 0.717) is 19.1 Å². The number of aromatic nitrogens is 3. The third-order valence-corrected chi connectivity index (χ3v) is 4.76. The highest BCUT2D eigenvalue weighted by Crippen LogP contribution is 2.18. The Kier molecular flexibility index (Phi) is 6.42. The molecule has 2 heterocycles. The van der Waals surface area contributed by atoms with Crippen LogP contribution in [0.2, 0.25) is 0 Å². The minimum Gasteiger partial charge on any atom is -0.491 e. The number of ether oxygens (including phenoxy) is 1. The summed E-state index contributed by atoms with van der Waals surface area (Å²) in [5.41, 5.74) is 1.29. The van der Waals surface area contributed by atoms with Crippen LogP contribution in [0.1, 0.15) is 25.3 Å². The van der Waals surface area contributed by atoms with Crippen molar-refractivity contribution in [2.75, 3.05) is 26.2 Å². The van der Waals surface area contributed by atoms with Crippen molar-refractivity contribution in [3.05, 3.63) is 42.2 Å². The Hall–Kier alpha value is -1.92. The lowest BCUT2D eigenvalue weighted by Crippen LogP contribution is -2.42. The first-order valence-corrected chi connectivity index (χ1v) is 9.19. The zero-order chi connectivity index (χ0) is 17.5. The molecule has 0 amide bonds. The fourth-order valence-electron chi connectivity index (χ4n) is 3.43. The van der Waals surface area contributed by atoms with Crippen molar-refractivity contribution in [3.63, 3.8) is 0 Å². The summed E-state index contributed by atoms with van der Waals surface area (Å²) in [6.45, 7) is 6.04. The number of aliphatic hydroxyl groups is 1. The van der Waals surface area contributed by atoms with E-state index in [1.54, 1.807) is 6.20 Å². The highest BCUT2D eigenvalue weighted by molar-refractivity contribution is 5.27. The Balaban J connectivity index is 1.41. The van der Waals surface area contributed by atoms with Gasteiger partial charge in [-0.15, -0.1) is 5.10 Å². The number of piperidine rings is 1. The second-order valence-electron chi connectivity index (χ2n) is 6.86. The molecule has 1 aromatic heterocycles. The number of aryl methyl sites for hydroxylation is 1. The van der Waals surface area contributed by atoms with Crippen molar-refractivity contribution in [2.24, 2.45) is 5.92 Å². The molecule has 2 aromatic rings. The van der Waals surface area contributed by atoms with Gasteiger partial charge in [0.15, 0.2) is 0 Å². The van der Waals surface area contributed by atoms with Gasteiger partial charge in [0, 0.05) is 25.8 Å². The standard InChI is InChI=1S/C19H28N4O2/c1-2-16-5-7-19(8-6-16)25-15-18(24)14-22-10-3-4-17(12-22)13-23-11-9-20-21-23/h5-9,11,17-18,24H,2-4,10,12-15H2,1H3. The smallest absolute Gasteiger partial charge is 0.119 e. The van der Waals surface area contributed by atoms with E-state index in [-0.39, 0.29) is 0 Å². The maximum absolute atomic E-state index is 10.3. The van der Waals surface area contributed by atoms with Gasteiger partial charge >= 0.3 is 0 Å². The van der Waals surface area contributed by atoms with Crippen LogP contribution in [0, 0.1) is 5.92 Å². The number of likely N-dealkylation sites (tertiary alicyclic amines) is 1. The highest BCUT2D eigenvalue weighted by Gasteiger charge is 2.22. The molecule has 1 fully saturated rings. The molecule has 1 aromatic carbocycles. The molecule has 136 valence electrons. The minimum absolute atomic E-state index is 0.329. The topological polar surface area (TPSA) is 63.4 Å². The van der Waals surface area contributed by atoms with Gasteiger partial charge in [0.1, 0.15) is 18.5 Å². The van der Waals surface area contributed by atoms with Gasteiger partial charge in [0.2, 0.25) is 0 Å². The predicted molar refractivity (Wildman–Crippen MR) is 96.5 cm³/mol. The van der Waals surface area contributed by atoms with Gasteiger partial charge in [-0.05, 0) is 49.4 Å². The van der Waals surface area contributed by atoms with E-state index in [2.05, 4.69) is 34.3 Å². The van der Waals surface area contributed by atoms with Crippen LogP contribution in [0.3, 0.4) is 0 Å². The van der Waals surface area contributed by atoms with Crippen LogP contribution in [-0.2, 0) is 13.0 Å². The summed E-state index contributed by atoms with van der Waals surface area (Å²) in [6, 6.07) is 8.09. The third-order valence-electron chi connectivity index (χ3n) is 4.76. The van der Waals surface area contributed by atoms with E-state index in [9.17, 15) is 5.11 Å². The molecule has 1 aliphatic rings. The van der Waals surface area contributed by atoms with Crippen LogP contribution >= 0.6 is 0 Å². The molecule has 6 nitrogen and oxygen atoms in total. The summed E-state index contributed by atoms with van der Waals surface area (Å²) >= 11 is 0. The number of hydrogen-bond donors (Lipinski definition) is 1. The zero-order valence-electron chi connectivity index (χ0n) is 14.9. The lowest BCUT2D eigenvalue weighted by molar-refractivity contribution is 0.0494. The Morgan fingerprint density at radius 3 is 2.88 bits per heavy atom. The molecule has 25 heavy (non-hydrogen) atoms. The molecule has 3 rings (SSSR count). The molecule has 0 aliphatic carbocycles. The molecular formula is C19H28N4O2. The van der Waals surface area contributed by atoms with Crippen molar-refractivity contribution in [1.29, 1.82) is 0 Å². The fraction of sp³-hybridized carbons (Fsp3) is 0.579. The maximum Gasteiger partial charge on any atom is 0.119 e. The minimum atomic E-state index is -0.476. The Bertz CT molecular complexity index is 615. The second-order valence-corrected chi connectivity index (χ2v) is 6.86. The zero-order valence-corrected chi connectivity index (χ0v) is 14.9. The number of benzene rings is 1. The van der Waals surface area contributed by atoms with Crippen molar-refractivity contribution in [1.82, 2.24) is 19.9 Å². The summed E-state index contributed by atoms with van der Waals surface area (Å²) in [6.07, 6.45) is 6.53. The maximum atomic E-state index is 10.3. The number of nitrogens with zero attached hydrogens (tertiary/aromatic N) is 4. The summed E-state index contributed by atoms with van der Waals surface area (Å²) in [4.78, 5) is 2.33. The van der Waals surface area contributed by atoms with E-state index < -0.39 is 6.10 Å². The van der Waals surface area contributed by atoms with Gasteiger partial charge in [-0.25, -0.2) is 0 Å². The average molecular weight is 344 g/mol. The predicted octanol–water partition coefficient (Wildman–Crippen LogP) is 1.99. The molecular weight excluding hydrogens is 316 g/mol. The molecule has 2 unspecified atom stereocenters. The Morgan fingerprint density at radius 2 is 2.16 bits per heavy atom. The summed E-state index contributed by atoms with van der Waals surface area (Å²) in [7, 11) is 0. The molecule has 1 N–H and O–H groups in total. The molecule has 0 bridgehead atoms. The van der Waals surface area contributed by atoms with Gasteiger partial charge in [0.25, 0.3) is 0 Å². The van der Waals surface area contributed by atoms with Gasteiger partial charge in [-0.3, -0.25) is 4.68 Å². The number of β-amino-alcohol motifs (C(OH)–C–C–N with tert-alkyl or cyclic N) is 1. The third kappa shape index (κ3) is 5.54. The number of hydrogen-bond acceptors (Lipinski definition) is 5. The Labute approximate surface area is 149 Å². The quantitative estimate of drug-likeness (QED) is 0.793. The second kappa shape index (κ2) is 8.97. The average Bonchev–Trinajstić information content (AvgIpc) is 3.14. The largest absolute Gasteiger partial charge is 0.491 e. The van der Waals surface area contributed by atoms with Crippen LogP contribution in [0.25, 0.3) is 0 Å². The summed E-state index contributed by atoms with van der Waals surface area (Å²) in [5.74, 6) is 1.38. The van der Waals surface area contributed by atoms with E-state index in [0.717, 1.165) is 38.2 Å². The first-order chi connectivity index (χ1) is 12.2. The van der Waals surface area contributed by atoms with E-state index in [1.807, 2.05) is 23.0 Å². The lowest BCUT2D eigenvalue weighted by atomic mass is 9.98. The molecule has 2 atom stereocenters. The van der Waals surface area contributed by atoms with Gasteiger partial charge < -0.3 is 14.7 Å². The number of aliphatic hydroxyl groups excluding tert-OH is 1. The molecule has 0 spiro atoms. The van der Waals surface area contributed by atoms with Gasteiger partial charge in [-0.2, -0.15) is 0 Å². The fourth-order valence-corrected chi connectivity index (χ4v) is 3.43. The molecule has 0 radical (unpaired) electrons. The normalized spacial score (nSPS) is 19.7. The van der Waals surface area contributed by atoms with E-state index in [1.165, 1.54) is 12.0 Å². The van der Waals surface area contributed by atoms with Crippen molar-refractivity contribution in [2.45, 2.75) is 38.8 Å². The van der Waals surface area contributed by atoms with Crippen LogP contribution in [0.4, 0.5) is 0 Å². The van der Waals surface area contributed by atoms with Crippen LogP contribution < -0.4 is 4.74 Å². The van der Waals surface area contributed by atoms with Gasteiger partial charge in [0.05, 0.1) is 6.20 Å². The SMILES string of the molecule is CCc1ccc(OCC(O)CN2CCCC(Cn3ccnn3)C2)cc1. The molecule has 6 heteroatoms. The summed E-state index contributed by atoms with van der Waals surface area (Å²) in [5, 5.41) is 18.2. The van der Waals surface area contributed by atoms with Crippen LogP contribution in [0.15, 0.2) is 36.7 Å². The van der Waals surface area contributed by atoms with Crippen molar-refractivity contribution in [3.8, 4) is 5.75 Å². The van der Waals surface area contributed by atoms with Crippen LogP contribution in [-0.4, -0.2) is 57.3 Å². The van der Waals surface area contributed by atoms with Crippen LogP contribution in [0.5, 0.6) is 5.75 Å². The first-order valence-electron chi connectivity index (χ1n) is 9.19. The van der Waals surface area contributed by atoms with Crippen molar-refractivity contribution >= 4 is 0 Å². The number of rotatable bonds is 8.